The fraction of sp³-hybridized carbons (Fsp3) is 1.00. The fourth-order valence-electron chi connectivity index (χ4n) is 4.74. The van der Waals surface area contributed by atoms with Crippen molar-refractivity contribution < 1.29 is 0 Å². The van der Waals surface area contributed by atoms with Crippen molar-refractivity contribution in [3.63, 3.8) is 0 Å². The second-order valence-corrected chi connectivity index (χ2v) is 8.21. The summed E-state index contributed by atoms with van der Waals surface area (Å²) in [6.45, 7) is 9.47. The van der Waals surface area contributed by atoms with Crippen molar-refractivity contribution in [3.05, 3.63) is 0 Å². The van der Waals surface area contributed by atoms with Gasteiger partial charge in [-0.2, -0.15) is 0 Å². The summed E-state index contributed by atoms with van der Waals surface area (Å²) in [4.78, 5) is 0. The lowest BCUT2D eigenvalue weighted by atomic mass is 9.54. The van der Waals surface area contributed by atoms with Gasteiger partial charge in [0.25, 0.3) is 0 Å². The van der Waals surface area contributed by atoms with Gasteiger partial charge in [0.15, 0.2) is 0 Å². The number of hydrogen-bond acceptors (Lipinski definition) is 1. The van der Waals surface area contributed by atoms with Crippen molar-refractivity contribution in [3.8, 4) is 0 Å². The first-order valence-corrected chi connectivity index (χ1v) is 7.69. The summed E-state index contributed by atoms with van der Waals surface area (Å²) in [6, 6.07) is 1.49. The van der Waals surface area contributed by atoms with E-state index < -0.39 is 0 Å². The van der Waals surface area contributed by atoms with E-state index in [-0.39, 0.29) is 0 Å². The van der Waals surface area contributed by atoms with Crippen LogP contribution in [0.2, 0.25) is 0 Å². The summed E-state index contributed by atoms with van der Waals surface area (Å²) in [5.41, 5.74) is 0.397. The van der Waals surface area contributed by atoms with Crippen LogP contribution in [0.4, 0.5) is 0 Å². The second-order valence-electron chi connectivity index (χ2n) is 8.21. The van der Waals surface area contributed by atoms with Gasteiger partial charge in [-0.1, -0.05) is 20.8 Å². The molecule has 1 N–H and O–H groups in total. The normalized spacial score (nSPS) is 46.2. The third-order valence-electron chi connectivity index (χ3n) is 5.97. The van der Waals surface area contributed by atoms with Gasteiger partial charge in [0.2, 0.25) is 0 Å². The second kappa shape index (κ2) is 3.98. The van der Waals surface area contributed by atoms with Crippen LogP contribution in [0.15, 0.2) is 0 Å². The molecule has 1 atom stereocenters. The van der Waals surface area contributed by atoms with Crippen LogP contribution in [0.25, 0.3) is 0 Å². The van der Waals surface area contributed by atoms with Crippen molar-refractivity contribution in [2.75, 3.05) is 0 Å². The Hall–Kier alpha value is -0.0400. The van der Waals surface area contributed by atoms with Gasteiger partial charge in [-0.3, -0.25) is 0 Å². The molecular weight excluding hydrogens is 206 g/mol. The lowest BCUT2D eigenvalue weighted by molar-refractivity contribution is -0.0217. The summed E-state index contributed by atoms with van der Waals surface area (Å²) in [5, 5.41) is 4.00. The van der Waals surface area contributed by atoms with E-state index in [2.05, 4.69) is 33.0 Å². The number of hydrogen-bond donors (Lipinski definition) is 1. The average molecular weight is 235 g/mol. The molecule has 4 saturated carbocycles. The highest BCUT2D eigenvalue weighted by Gasteiger charge is 2.48. The minimum Gasteiger partial charge on any atom is -0.310 e. The summed E-state index contributed by atoms with van der Waals surface area (Å²) in [6.07, 6.45) is 7.68. The topological polar surface area (TPSA) is 12.0 Å². The van der Waals surface area contributed by atoms with Gasteiger partial charge in [-0.15, -0.1) is 0 Å². The monoisotopic (exact) mass is 235 g/mol. The van der Waals surface area contributed by atoms with Crippen molar-refractivity contribution >= 4 is 0 Å². The molecule has 17 heavy (non-hydrogen) atoms. The first kappa shape index (κ1) is 12.0. The van der Waals surface area contributed by atoms with Crippen LogP contribution in [-0.4, -0.2) is 12.1 Å². The molecule has 98 valence electrons. The summed E-state index contributed by atoms with van der Waals surface area (Å²) in [7, 11) is 0. The molecule has 4 aliphatic carbocycles. The molecular formula is C16H29N. The minimum atomic E-state index is 0.397. The van der Waals surface area contributed by atoms with E-state index in [4.69, 9.17) is 0 Å². The van der Waals surface area contributed by atoms with Gasteiger partial charge in [-0.25, -0.2) is 0 Å². The Morgan fingerprint density at radius 1 is 0.882 bits per heavy atom. The van der Waals surface area contributed by atoms with E-state index in [1.165, 1.54) is 25.7 Å². The van der Waals surface area contributed by atoms with E-state index in [0.29, 0.717) is 11.5 Å². The standard InChI is InChI=1S/C16H29N/c1-10(16(2,3)4)17-15-13-6-11-5-12(8-13)9-14(15)7-11/h10-15,17H,5-9H2,1-4H3. The third-order valence-corrected chi connectivity index (χ3v) is 5.97. The van der Waals surface area contributed by atoms with Gasteiger partial charge in [0.05, 0.1) is 0 Å². The third kappa shape index (κ3) is 2.16. The molecule has 0 aliphatic heterocycles. The quantitative estimate of drug-likeness (QED) is 0.767. The Bertz CT molecular complexity index is 260. The van der Waals surface area contributed by atoms with E-state index in [1.54, 1.807) is 6.42 Å². The molecule has 1 heteroatoms. The molecule has 4 bridgehead atoms. The van der Waals surface area contributed by atoms with Gasteiger partial charge in [0, 0.05) is 12.1 Å². The Balaban J connectivity index is 1.68. The zero-order chi connectivity index (χ0) is 12.2. The van der Waals surface area contributed by atoms with Crippen LogP contribution in [0.5, 0.6) is 0 Å². The van der Waals surface area contributed by atoms with E-state index in [0.717, 1.165) is 29.7 Å². The molecule has 1 nitrogen and oxygen atoms in total. The maximum atomic E-state index is 4.00. The highest BCUT2D eigenvalue weighted by molar-refractivity contribution is 5.02. The summed E-state index contributed by atoms with van der Waals surface area (Å²) in [5.74, 6) is 4.22. The molecule has 0 aromatic heterocycles. The van der Waals surface area contributed by atoms with Crippen LogP contribution in [0, 0.1) is 29.1 Å². The SMILES string of the molecule is CC(NC1C2CC3CC(C2)CC1C3)C(C)(C)C. The summed E-state index contributed by atoms with van der Waals surface area (Å²) < 4.78 is 0. The summed E-state index contributed by atoms with van der Waals surface area (Å²) >= 11 is 0. The van der Waals surface area contributed by atoms with Crippen LogP contribution >= 0.6 is 0 Å². The molecule has 0 aromatic rings. The van der Waals surface area contributed by atoms with Gasteiger partial charge in [0.1, 0.15) is 0 Å². The smallest absolute Gasteiger partial charge is 0.0127 e. The molecule has 0 spiro atoms. The van der Waals surface area contributed by atoms with E-state index in [1.807, 2.05) is 0 Å². The van der Waals surface area contributed by atoms with Crippen LogP contribution in [0.3, 0.4) is 0 Å². The fourth-order valence-corrected chi connectivity index (χ4v) is 4.74. The lowest BCUT2D eigenvalue weighted by Crippen LogP contribution is -2.58. The predicted octanol–water partition coefficient (Wildman–Crippen LogP) is 3.84. The molecule has 0 amide bonds. The molecule has 0 radical (unpaired) electrons. The van der Waals surface area contributed by atoms with Crippen molar-refractivity contribution in [2.45, 2.75) is 71.9 Å². The highest BCUT2D eigenvalue weighted by Crippen LogP contribution is 2.53. The largest absolute Gasteiger partial charge is 0.310 e. The molecule has 0 aromatic carbocycles. The predicted molar refractivity (Wildman–Crippen MR) is 72.9 cm³/mol. The molecule has 4 fully saturated rings. The van der Waals surface area contributed by atoms with Crippen molar-refractivity contribution in [2.24, 2.45) is 29.1 Å². The Morgan fingerprint density at radius 2 is 1.35 bits per heavy atom. The molecule has 0 saturated heterocycles. The van der Waals surface area contributed by atoms with E-state index in [9.17, 15) is 0 Å². The van der Waals surface area contributed by atoms with Crippen LogP contribution in [-0.2, 0) is 0 Å². The van der Waals surface area contributed by atoms with E-state index >= 15 is 0 Å². The van der Waals surface area contributed by atoms with Crippen LogP contribution < -0.4 is 5.32 Å². The zero-order valence-electron chi connectivity index (χ0n) is 12.0. The minimum absolute atomic E-state index is 0.397. The first-order valence-electron chi connectivity index (χ1n) is 7.69. The maximum absolute atomic E-state index is 4.00. The van der Waals surface area contributed by atoms with Gasteiger partial charge in [-0.05, 0) is 68.1 Å². The number of nitrogens with one attached hydrogen (secondary N) is 1. The van der Waals surface area contributed by atoms with Gasteiger partial charge < -0.3 is 5.32 Å². The molecule has 4 aliphatic rings. The molecule has 1 unspecified atom stereocenters. The Labute approximate surface area is 107 Å². The average Bonchev–Trinajstić information content (AvgIpc) is 2.20. The lowest BCUT2D eigenvalue weighted by Gasteiger charge is -2.55. The van der Waals surface area contributed by atoms with Crippen LogP contribution in [0.1, 0.15) is 59.8 Å². The maximum Gasteiger partial charge on any atom is 0.0127 e. The van der Waals surface area contributed by atoms with Crippen molar-refractivity contribution in [1.29, 1.82) is 0 Å². The first-order chi connectivity index (χ1) is 7.93. The zero-order valence-corrected chi connectivity index (χ0v) is 12.0. The van der Waals surface area contributed by atoms with Gasteiger partial charge >= 0.3 is 0 Å². The number of rotatable bonds is 2. The highest BCUT2D eigenvalue weighted by atomic mass is 15.0. The molecule has 4 rings (SSSR count). The Kier molecular flexibility index (Phi) is 2.81. The molecule has 0 heterocycles. The van der Waals surface area contributed by atoms with Crippen molar-refractivity contribution in [1.82, 2.24) is 5.32 Å². The Morgan fingerprint density at radius 3 is 1.76 bits per heavy atom.